The van der Waals surface area contributed by atoms with Crippen LogP contribution >= 0.6 is 0 Å². The molecule has 0 unspecified atom stereocenters. The van der Waals surface area contributed by atoms with E-state index in [0.717, 1.165) is 7.05 Å². The lowest BCUT2D eigenvalue weighted by Crippen LogP contribution is -2.43. The summed E-state index contributed by atoms with van der Waals surface area (Å²) in [4.78, 5) is 1.98. The maximum Gasteiger partial charge on any atom is 0.254 e. The molecule has 7 nitrogen and oxygen atoms in total. The van der Waals surface area contributed by atoms with Gasteiger partial charge in [-0.2, -0.15) is 0 Å². The lowest BCUT2D eigenvalue weighted by Gasteiger charge is -2.18. The van der Waals surface area contributed by atoms with Gasteiger partial charge < -0.3 is 4.74 Å². The average Bonchev–Trinajstić information content (AvgIpc) is 2.55. The number of benzene rings is 2. The van der Waals surface area contributed by atoms with Gasteiger partial charge in [-0.15, -0.1) is 9.25 Å². The van der Waals surface area contributed by atoms with Crippen molar-refractivity contribution in [3.8, 4) is 5.75 Å². The second kappa shape index (κ2) is 7.31. The molecule has 2 aromatic rings. The predicted octanol–water partition coefficient (Wildman–Crippen LogP) is 1.35. The summed E-state index contributed by atoms with van der Waals surface area (Å²) in [5.74, 6) is 0.189. The van der Waals surface area contributed by atoms with Gasteiger partial charge >= 0.3 is 0 Å². The van der Waals surface area contributed by atoms with Gasteiger partial charge in [-0.1, -0.05) is 30.3 Å². The van der Waals surface area contributed by atoms with Crippen molar-refractivity contribution in [2.24, 2.45) is 0 Å². The Morgan fingerprint density at radius 1 is 0.958 bits per heavy atom. The molecular weight excluding hydrogens is 352 g/mol. The van der Waals surface area contributed by atoms with Crippen LogP contribution in [0.15, 0.2) is 59.5 Å². The largest absolute Gasteiger partial charge is 0.497 e. The summed E-state index contributed by atoms with van der Waals surface area (Å²) < 4.78 is 54.7. The molecule has 0 aliphatic heterocycles. The van der Waals surface area contributed by atoms with Crippen molar-refractivity contribution in [3.05, 3.63) is 60.2 Å². The van der Waals surface area contributed by atoms with Gasteiger partial charge in [0.2, 0.25) is 10.0 Å². The van der Waals surface area contributed by atoms with Gasteiger partial charge in [0.05, 0.1) is 17.8 Å². The van der Waals surface area contributed by atoms with Crippen molar-refractivity contribution in [1.82, 2.24) is 9.25 Å². The van der Waals surface area contributed by atoms with E-state index in [4.69, 9.17) is 4.74 Å². The van der Waals surface area contributed by atoms with Gasteiger partial charge in [-0.25, -0.2) is 16.8 Å². The van der Waals surface area contributed by atoms with Crippen LogP contribution < -0.4 is 9.57 Å². The van der Waals surface area contributed by atoms with Crippen LogP contribution in [0.2, 0.25) is 0 Å². The van der Waals surface area contributed by atoms with Crippen molar-refractivity contribution in [3.63, 3.8) is 0 Å². The van der Waals surface area contributed by atoms with Crippen molar-refractivity contribution >= 4 is 20.0 Å². The smallest absolute Gasteiger partial charge is 0.254 e. The second-order valence-electron chi connectivity index (χ2n) is 4.98. The Bertz CT molecular complexity index is 879. The zero-order valence-corrected chi connectivity index (χ0v) is 14.8. The molecule has 130 valence electrons. The average molecular weight is 370 g/mol. The maximum absolute atomic E-state index is 12.3. The number of sulfonamides is 2. The van der Waals surface area contributed by atoms with E-state index in [1.165, 1.54) is 31.4 Å². The van der Waals surface area contributed by atoms with Crippen LogP contribution in [-0.2, 0) is 25.8 Å². The van der Waals surface area contributed by atoms with Gasteiger partial charge in [0, 0.05) is 7.05 Å². The summed E-state index contributed by atoms with van der Waals surface area (Å²) >= 11 is 0. The zero-order chi connectivity index (χ0) is 17.8. The SMILES string of the molecule is COc1ccc(S(=O)(=O)NN(C)S(=O)(=O)Cc2ccccc2)cc1. The Morgan fingerprint density at radius 2 is 1.54 bits per heavy atom. The van der Waals surface area contributed by atoms with Crippen LogP contribution in [0.4, 0.5) is 0 Å². The highest BCUT2D eigenvalue weighted by atomic mass is 32.2. The molecule has 0 spiro atoms. The molecule has 2 aromatic carbocycles. The molecule has 24 heavy (non-hydrogen) atoms. The lowest BCUT2D eigenvalue weighted by molar-refractivity contribution is 0.414. The van der Waals surface area contributed by atoms with Gasteiger partial charge in [-0.05, 0) is 29.8 Å². The van der Waals surface area contributed by atoms with E-state index in [2.05, 4.69) is 0 Å². The fourth-order valence-corrected chi connectivity index (χ4v) is 4.41. The quantitative estimate of drug-likeness (QED) is 0.743. The molecule has 0 aliphatic carbocycles. The van der Waals surface area contributed by atoms with Crippen LogP contribution in [0.1, 0.15) is 5.56 Å². The van der Waals surface area contributed by atoms with Gasteiger partial charge in [-0.3, -0.25) is 0 Å². The van der Waals surface area contributed by atoms with E-state index in [0.29, 0.717) is 15.7 Å². The van der Waals surface area contributed by atoms with E-state index in [9.17, 15) is 16.8 Å². The summed E-state index contributed by atoms with van der Waals surface area (Å²) in [5, 5.41) is 0. The molecule has 0 aromatic heterocycles. The number of nitrogens with zero attached hydrogens (tertiary/aromatic N) is 1. The first kappa shape index (κ1) is 18.4. The predicted molar refractivity (Wildman–Crippen MR) is 90.1 cm³/mol. The number of hydrogen-bond donors (Lipinski definition) is 1. The van der Waals surface area contributed by atoms with Crippen LogP contribution in [0.5, 0.6) is 5.75 Å². The highest BCUT2D eigenvalue weighted by molar-refractivity contribution is 7.91. The molecule has 0 bridgehead atoms. The monoisotopic (exact) mass is 370 g/mol. The fraction of sp³-hybridized carbons (Fsp3) is 0.200. The molecule has 0 saturated carbocycles. The molecule has 1 N–H and O–H groups in total. The highest BCUT2D eigenvalue weighted by Gasteiger charge is 2.24. The number of hydrogen-bond acceptors (Lipinski definition) is 5. The Hall–Kier alpha value is -1.94. The zero-order valence-electron chi connectivity index (χ0n) is 13.2. The maximum atomic E-state index is 12.3. The van der Waals surface area contributed by atoms with Crippen LogP contribution in [0.25, 0.3) is 0 Å². The lowest BCUT2D eigenvalue weighted by atomic mass is 10.2. The van der Waals surface area contributed by atoms with Gasteiger partial charge in [0.1, 0.15) is 5.75 Å². The summed E-state index contributed by atoms with van der Waals surface area (Å²) in [7, 11) is -5.25. The van der Waals surface area contributed by atoms with E-state index in [-0.39, 0.29) is 10.6 Å². The van der Waals surface area contributed by atoms with Crippen LogP contribution in [-0.4, -0.2) is 35.4 Å². The van der Waals surface area contributed by atoms with E-state index in [1.54, 1.807) is 30.3 Å². The summed E-state index contributed by atoms with van der Waals surface area (Å²) in [6.07, 6.45) is 0. The second-order valence-corrected chi connectivity index (χ2v) is 8.64. The van der Waals surface area contributed by atoms with Crippen LogP contribution in [0.3, 0.4) is 0 Å². The molecule has 0 amide bonds. The molecule has 0 aliphatic rings. The van der Waals surface area contributed by atoms with Gasteiger partial charge in [0.25, 0.3) is 10.0 Å². The minimum atomic E-state index is -4.02. The van der Waals surface area contributed by atoms with Crippen molar-refractivity contribution < 1.29 is 21.6 Å². The summed E-state index contributed by atoms with van der Waals surface area (Å²) in [6.45, 7) is 0. The van der Waals surface area contributed by atoms with Crippen molar-refractivity contribution in [1.29, 1.82) is 0 Å². The third kappa shape index (κ3) is 4.54. The van der Waals surface area contributed by atoms with Crippen LogP contribution in [0, 0.1) is 0 Å². The molecule has 0 saturated heterocycles. The molecule has 0 heterocycles. The topological polar surface area (TPSA) is 92.8 Å². The Labute approximate surface area is 141 Å². The Morgan fingerprint density at radius 3 is 2.08 bits per heavy atom. The number of rotatable bonds is 7. The normalized spacial score (nSPS) is 12.3. The fourth-order valence-electron chi connectivity index (χ4n) is 1.92. The third-order valence-corrected chi connectivity index (χ3v) is 6.37. The van der Waals surface area contributed by atoms with Gasteiger partial charge in [0.15, 0.2) is 0 Å². The number of hydrazine groups is 1. The first-order chi connectivity index (χ1) is 11.2. The number of methoxy groups -OCH3 is 1. The molecule has 0 radical (unpaired) electrons. The third-order valence-electron chi connectivity index (χ3n) is 3.23. The Kier molecular flexibility index (Phi) is 5.60. The molecule has 0 atom stereocenters. The number of nitrogens with one attached hydrogen (secondary N) is 1. The van der Waals surface area contributed by atoms with Crippen molar-refractivity contribution in [2.75, 3.05) is 14.2 Å². The standard InChI is InChI=1S/C15H18N2O5S2/c1-17(23(18,19)12-13-6-4-3-5-7-13)16-24(20,21)15-10-8-14(22-2)9-11-15/h3-11,16H,12H2,1-2H3. The molecule has 2 rings (SSSR count). The van der Waals surface area contributed by atoms with E-state index in [1.807, 2.05) is 4.83 Å². The first-order valence-corrected chi connectivity index (χ1v) is 10.0. The molecular formula is C15H18N2O5S2. The van der Waals surface area contributed by atoms with E-state index >= 15 is 0 Å². The van der Waals surface area contributed by atoms with Crippen molar-refractivity contribution in [2.45, 2.75) is 10.6 Å². The summed E-state index contributed by atoms with van der Waals surface area (Å²) in [5.41, 5.74) is 0.563. The highest BCUT2D eigenvalue weighted by Crippen LogP contribution is 2.16. The molecule has 9 heteroatoms. The summed E-state index contributed by atoms with van der Waals surface area (Å²) in [6, 6.07) is 14.1. The minimum Gasteiger partial charge on any atom is -0.497 e. The van der Waals surface area contributed by atoms with E-state index < -0.39 is 20.0 Å². The number of ether oxygens (including phenoxy) is 1. The first-order valence-electron chi connectivity index (χ1n) is 6.91. The Balaban J connectivity index is 2.15. The molecule has 0 fully saturated rings. The minimum absolute atomic E-state index is 0.0648.